The summed E-state index contributed by atoms with van der Waals surface area (Å²) in [6, 6.07) is 9.41. The van der Waals surface area contributed by atoms with Gasteiger partial charge in [0.2, 0.25) is 17.6 Å². The molecule has 9 heteroatoms. The van der Waals surface area contributed by atoms with Gasteiger partial charge in [0.05, 0.1) is 0 Å². The summed E-state index contributed by atoms with van der Waals surface area (Å²) < 4.78 is 7.61. The number of aryl methyl sites for hydroxylation is 3. The molecule has 2 N–H and O–H groups in total. The van der Waals surface area contributed by atoms with Crippen molar-refractivity contribution in [3.05, 3.63) is 58.1 Å². The molecule has 0 spiro atoms. The molecule has 8 nitrogen and oxygen atoms in total. The molecule has 1 aromatic carbocycles. The first-order chi connectivity index (χ1) is 12.9. The van der Waals surface area contributed by atoms with Crippen molar-refractivity contribution in [1.29, 1.82) is 0 Å². The number of hydrazine groups is 1. The van der Waals surface area contributed by atoms with Gasteiger partial charge in [-0.15, -0.1) is 0 Å². The Labute approximate surface area is 164 Å². The predicted octanol–water partition coefficient (Wildman–Crippen LogP) is 2.54. The molecule has 0 aliphatic carbocycles. The van der Waals surface area contributed by atoms with Gasteiger partial charge in [-0.3, -0.25) is 20.4 Å². The Kier molecular flexibility index (Phi) is 5.70. The fourth-order valence-electron chi connectivity index (χ4n) is 2.40. The minimum Gasteiger partial charge on any atom is -0.345 e. The van der Waals surface area contributed by atoms with Gasteiger partial charge in [-0.05, 0) is 28.9 Å². The van der Waals surface area contributed by atoms with Crippen LogP contribution >= 0.6 is 15.9 Å². The molecule has 0 radical (unpaired) electrons. The molecule has 0 aliphatic rings. The highest BCUT2D eigenvalue weighted by atomic mass is 79.9. The second kappa shape index (κ2) is 8.17. The van der Waals surface area contributed by atoms with Crippen LogP contribution in [-0.2, 0) is 18.3 Å². The van der Waals surface area contributed by atoms with Crippen molar-refractivity contribution in [2.75, 3.05) is 0 Å². The lowest BCUT2D eigenvalue weighted by Gasteiger charge is -2.07. The number of rotatable bonds is 5. The van der Waals surface area contributed by atoms with E-state index in [1.165, 1.54) is 0 Å². The maximum Gasteiger partial charge on any atom is 0.286 e. The van der Waals surface area contributed by atoms with E-state index >= 15 is 0 Å². The zero-order chi connectivity index (χ0) is 19.4. The molecule has 0 saturated heterocycles. The topological polar surface area (TPSA) is 102 Å². The summed E-state index contributed by atoms with van der Waals surface area (Å²) in [5.74, 6) is 0.0779. The average molecular weight is 432 g/mol. The van der Waals surface area contributed by atoms with Crippen molar-refractivity contribution >= 4 is 27.7 Å². The number of carbonyl (C=O) groups excluding carboxylic acids is 2. The molecule has 0 unspecified atom stereocenters. The summed E-state index contributed by atoms with van der Waals surface area (Å²) in [4.78, 5) is 28.2. The van der Waals surface area contributed by atoms with Gasteiger partial charge < -0.3 is 9.09 Å². The molecule has 0 fully saturated rings. The standard InChI is InChI=1S/C18H18BrN5O3/c1-11-3-5-12(6-4-11)17-20-16(27-23-17)8-7-15(25)21-22-18(26)14-9-13(19)10-24(14)2/h3-6,9-10H,7-8H2,1-2H3,(H,21,25)(H,22,26). The third kappa shape index (κ3) is 4.82. The van der Waals surface area contributed by atoms with E-state index in [2.05, 4.69) is 36.9 Å². The summed E-state index contributed by atoms with van der Waals surface area (Å²) in [5.41, 5.74) is 7.16. The molecular formula is C18H18BrN5O3. The van der Waals surface area contributed by atoms with E-state index in [1.807, 2.05) is 31.2 Å². The van der Waals surface area contributed by atoms with E-state index in [0.29, 0.717) is 17.4 Å². The lowest BCUT2D eigenvalue weighted by atomic mass is 10.1. The highest BCUT2D eigenvalue weighted by Crippen LogP contribution is 2.17. The Morgan fingerprint density at radius 1 is 1.22 bits per heavy atom. The molecule has 0 bridgehead atoms. The van der Waals surface area contributed by atoms with Gasteiger partial charge in [0.15, 0.2) is 0 Å². The van der Waals surface area contributed by atoms with E-state index in [0.717, 1.165) is 15.6 Å². The van der Waals surface area contributed by atoms with E-state index in [1.54, 1.807) is 23.9 Å². The quantitative estimate of drug-likeness (QED) is 0.604. The van der Waals surface area contributed by atoms with Crippen molar-refractivity contribution in [3.8, 4) is 11.4 Å². The van der Waals surface area contributed by atoms with Crippen LogP contribution in [0, 0.1) is 6.92 Å². The number of benzene rings is 1. The molecule has 2 heterocycles. The van der Waals surface area contributed by atoms with E-state index < -0.39 is 5.91 Å². The number of carbonyl (C=O) groups is 2. The second-order valence-electron chi connectivity index (χ2n) is 6.03. The Bertz CT molecular complexity index is 962. The maximum absolute atomic E-state index is 12.0. The summed E-state index contributed by atoms with van der Waals surface area (Å²) in [5, 5.41) is 3.93. The molecule has 0 atom stereocenters. The van der Waals surface area contributed by atoms with Gasteiger partial charge in [0.25, 0.3) is 5.91 Å². The Morgan fingerprint density at radius 2 is 1.96 bits per heavy atom. The second-order valence-corrected chi connectivity index (χ2v) is 6.95. The van der Waals surface area contributed by atoms with Crippen LogP contribution in [0.1, 0.15) is 28.4 Å². The highest BCUT2D eigenvalue weighted by molar-refractivity contribution is 9.10. The molecule has 140 valence electrons. The first-order valence-electron chi connectivity index (χ1n) is 8.23. The molecule has 27 heavy (non-hydrogen) atoms. The monoisotopic (exact) mass is 431 g/mol. The van der Waals surface area contributed by atoms with Crippen LogP contribution < -0.4 is 10.9 Å². The number of hydrogen-bond donors (Lipinski definition) is 2. The number of hydrogen-bond acceptors (Lipinski definition) is 5. The minimum absolute atomic E-state index is 0.104. The fraction of sp³-hybridized carbons (Fsp3) is 0.222. The lowest BCUT2D eigenvalue weighted by Crippen LogP contribution is -2.42. The summed E-state index contributed by atoms with van der Waals surface area (Å²) >= 11 is 3.29. The van der Waals surface area contributed by atoms with Gasteiger partial charge in [0.1, 0.15) is 5.69 Å². The number of halogens is 1. The highest BCUT2D eigenvalue weighted by Gasteiger charge is 2.13. The van der Waals surface area contributed by atoms with Crippen molar-refractivity contribution < 1.29 is 14.1 Å². The minimum atomic E-state index is -0.406. The SMILES string of the molecule is Cc1ccc(-c2noc(CCC(=O)NNC(=O)c3cc(Br)cn3C)n2)cc1. The third-order valence-corrected chi connectivity index (χ3v) is 4.30. The van der Waals surface area contributed by atoms with Crippen molar-refractivity contribution in [2.24, 2.45) is 7.05 Å². The predicted molar refractivity (Wildman–Crippen MR) is 102 cm³/mol. The van der Waals surface area contributed by atoms with Gasteiger partial charge in [-0.25, -0.2) is 0 Å². The van der Waals surface area contributed by atoms with Crippen LogP contribution in [0.3, 0.4) is 0 Å². The van der Waals surface area contributed by atoms with Crippen LogP contribution in [-0.4, -0.2) is 26.5 Å². The summed E-state index contributed by atoms with van der Waals surface area (Å²) in [6.45, 7) is 2.00. The van der Waals surface area contributed by atoms with Crippen LogP contribution in [0.2, 0.25) is 0 Å². The van der Waals surface area contributed by atoms with Crippen LogP contribution in [0.5, 0.6) is 0 Å². The van der Waals surface area contributed by atoms with Crippen LogP contribution in [0.4, 0.5) is 0 Å². The van der Waals surface area contributed by atoms with E-state index in [9.17, 15) is 9.59 Å². The molecule has 3 aromatic rings. The Morgan fingerprint density at radius 3 is 2.63 bits per heavy atom. The molecule has 3 rings (SSSR count). The number of nitrogens with one attached hydrogen (secondary N) is 2. The number of amides is 2. The Balaban J connectivity index is 1.49. The Hall–Kier alpha value is -2.94. The third-order valence-electron chi connectivity index (χ3n) is 3.86. The molecule has 0 saturated carbocycles. The summed E-state index contributed by atoms with van der Waals surface area (Å²) in [7, 11) is 1.74. The maximum atomic E-state index is 12.0. The van der Waals surface area contributed by atoms with Crippen LogP contribution in [0.25, 0.3) is 11.4 Å². The zero-order valence-electron chi connectivity index (χ0n) is 14.8. The van der Waals surface area contributed by atoms with Crippen molar-refractivity contribution in [2.45, 2.75) is 19.8 Å². The lowest BCUT2D eigenvalue weighted by molar-refractivity contribution is -0.121. The average Bonchev–Trinajstić information content (AvgIpc) is 3.24. The molecular weight excluding hydrogens is 414 g/mol. The van der Waals surface area contributed by atoms with E-state index in [-0.39, 0.29) is 18.7 Å². The number of aromatic nitrogens is 3. The zero-order valence-corrected chi connectivity index (χ0v) is 16.4. The first kappa shape index (κ1) is 18.8. The van der Waals surface area contributed by atoms with Gasteiger partial charge in [0, 0.05) is 36.1 Å². The molecule has 2 amide bonds. The van der Waals surface area contributed by atoms with Gasteiger partial charge in [-0.1, -0.05) is 35.0 Å². The van der Waals surface area contributed by atoms with Gasteiger partial charge >= 0.3 is 0 Å². The molecule has 0 aliphatic heterocycles. The summed E-state index contributed by atoms with van der Waals surface area (Å²) in [6.07, 6.45) is 2.13. The van der Waals surface area contributed by atoms with Crippen molar-refractivity contribution in [3.63, 3.8) is 0 Å². The van der Waals surface area contributed by atoms with Crippen LogP contribution in [0.15, 0.2) is 45.5 Å². The number of nitrogens with zero attached hydrogens (tertiary/aromatic N) is 3. The first-order valence-corrected chi connectivity index (χ1v) is 9.02. The normalized spacial score (nSPS) is 10.6. The molecule has 2 aromatic heterocycles. The van der Waals surface area contributed by atoms with Crippen molar-refractivity contribution in [1.82, 2.24) is 25.6 Å². The van der Waals surface area contributed by atoms with E-state index in [4.69, 9.17) is 4.52 Å². The van der Waals surface area contributed by atoms with Gasteiger partial charge in [-0.2, -0.15) is 4.98 Å². The fourth-order valence-corrected chi connectivity index (χ4v) is 2.92. The smallest absolute Gasteiger partial charge is 0.286 e. The largest absolute Gasteiger partial charge is 0.345 e.